The van der Waals surface area contributed by atoms with Crippen LogP contribution in [0, 0.1) is 5.92 Å². The number of Topliss-reactive ketones (excluding diaryl/α,β-unsaturated/α-hetero) is 1. The molecule has 0 radical (unpaired) electrons. The molecule has 1 aliphatic rings. The van der Waals surface area contributed by atoms with Crippen LogP contribution in [0.3, 0.4) is 0 Å². The molecule has 1 aromatic rings. The fraction of sp³-hybridized carbons (Fsp3) is 0.562. The maximum absolute atomic E-state index is 12.2. The Balaban J connectivity index is 2.09. The van der Waals surface area contributed by atoms with E-state index in [0.717, 1.165) is 12.0 Å². The van der Waals surface area contributed by atoms with Gasteiger partial charge in [0, 0.05) is 5.56 Å². The average molecular weight is 245 g/mol. The molecule has 1 aromatic carbocycles. The highest BCUT2D eigenvalue weighted by atomic mass is 16.1. The normalized spacial score (nSPS) is 17.6. The first-order chi connectivity index (χ1) is 8.58. The number of nitrogens with two attached hydrogens (primary N) is 1. The van der Waals surface area contributed by atoms with Gasteiger partial charge < -0.3 is 5.73 Å². The van der Waals surface area contributed by atoms with Crippen LogP contribution in [-0.4, -0.2) is 11.8 Å². The van der Waals surface area contributed by atoms with E-state index < -0.39 is 0 Å². The molecule has 1 atom stereocenters. The largest absolute Gasteiger partial charge is 0.321 e. The van der Waals surface area contributed by atoms with Crippen LogP contribution >= 0.6 is 0 Å². The van der Waals surface area contributed by atoms with Crippen molar-refractivity contribution in [1.82, 2.24) is 0 Å². The summed E-state index contributed by atoms with van der Waals surface area (Å²) in [5.74, 6) is 1.21. The Kier molecular flexibility index (Phi) is 4.18. The second kappa shape index (κ2) is 5.66. The molecule has 2 nitrogen and oxygen atoms in total. The summed E-state index contributed by atoms with van der Waals surface area (Å²) in [5, 5.41) is 0. The van der Waals surface area contributed by atoms with Crippen molar-refractivity contribution in [2.24, 2.45) is 11.7 Å². The highest BCUT2D eigenvalue weighted by molar-refractivity contribution is 6.00. The molecule has 0 spiro atoms. The van der Waals surface area contributed by atoms with Crippen molar-refractivity contribution in [2.75, 3.05) is 0 Å². The Hall–Kier alpha value is -1.15. The van der Waals surface area contributed by atoms with Gasteiger partial charge >= 0.3 is 0 Å². The third-order valence-electron chi connectivity index (χ3n) is 3.81. The third kappa shape index (κ3) is 2.99. The van der Waals surface area contributed by atoms with Crippen molar-refractivity contribution in [3.8, 4) is 0 Å². The van der Waals surface area contributed by atoms with Gasteiger partial charge in [-0.1, -0.05) is 38.5 Å². The fourth-order valence-corrected chi connectivity index (χ4v) is 2.52. The Morgan fingerprint density at radius 2 is 2.11 bits per heavy atom. The standard InChI is InChI=1S/C16H23NO/c1-11(2)9-15(17)16(18)14-8-4-7-13(10-14)12-5-3-6-12/h4,7-8,10-12,15H,3,5-6,9,17H2,1-2H3. The number of ketones is 1. The van der Waals surface area contributed by atoms with Gasteiger partial charge in [-0.05, 0) is 42.7 Å². The lowest BCUT2D eigenvalue weighted by atomic mass is 9.79. The molecule has 0 aliphatic heterocycles. The zero-order chi connectivity index (χ0) is 13.1. The smallest absolute Gasteiger partial charge is 0.179 e. The summed E-state index contributed by atoms with van der Waals surface area (Å²) in [6, 6.07) is 7.70. The van der Waals surface area contributed by atoms with Crippen LogP contribution < -0.4 is 5.73 Å². The molecule has 0 amide bonds. The lowest BCUT2D eigenvalue weighted by Gasteiger charge is -2.26. The monoisotopic (exact) mass is 245 g/mol. The van der Waals surface area contributed by atoms with Gasteiger partial charge in [0.2, 0.25) is 0 Å². The Labute approximate surface area is 110 Å². The van der Waals surface area contributed by atoms with Crippen LogP contribution in [0.4, 0.5) is 0 Å². The van der Waals surface area contributed by atoms with Crippen LogP contribution in [0.1, 0.15) is 61.4 Å². The number of hydrogen-bond donors (Lipinski definition) is 1. The van der Waals surface area contributed by atoms with E-state index in [1.54, 1.807) is 0 Å². The molecule has 2 N–H and O–H groups in total. The van der Waals surface area contributed by atoms with Crippen molar-refractivity contribution in [1.29, 1.82) is 0 Å². The summed E-state index contributed by atoms with van der Waals surface area (Å²) in [4.78, 5) is 12.2. The molecule has 18 heavy (non-hydrogen) atoms. The maximum atomic E-state index is 12.2. The van der Waals surface area contributed by atoms with Gasteiger partial charge in [0.1, 0.15) is 0 Å². The van der Waals surface area contributed by atoms with E-state index in [1.807, 2.05) is 18.2 Å². The Morgan fingerprint density at radius 1 is 1.39 bits per heavy atom. The van der Waals surface area contributed by atoms with Crippen LogP contribution in [0.15, 0.2) is 24.3 Å². The van der Waals surface area contributed by atoms with Gasteiger partial charge in [-0.2, -0.15) is 0 Å². The highest BCUT2D eigenvalue weighted by Gasteiger charge is 2.22. The molecule has 1 fully saturated rings. The molecule has 1 aliphatic carbocycles. The topological polar surface area (TPSA) is 43.1 Å². The SMILES string of the molecule is CC(C)CC(N)C(=O)c1cccc(C2CCC2)c1. The minimum absolute atomic E-state index is 0.0878. The molecular weight excluding hydrogens is 222 g/mol. The Morgan fingerprint density at radius 3 is 2.67 bits per heavy atom. The van der Waals surface area contributed by atoms with E-state index in [1.165, 1.54) is 24.8 Å². The van der Waals surface area contributed by atoms with Crippen molar-refractivity contribution < 1.29 is 4.79 Å². The van der Waals surface area contributed by atoms with Gasteiger partial charge in [-0.15, -0.1) is 0 Å². The number of benzene rings is 1. The van der Waals surface area contributed by atoms with E-state index in [4.69, 9.17) is 5.73 Å². The second-order valence-electron chi connectivity index (χ2n) is 5.85. The molecule has 0 saturated heterocycles. The summed E-state index contributed by atoms with van der Waals surface area (Å²) in [6.45, 7) is 4.19. The molecule has 2 rings (SSSR count). The third-order valence-corrected chi connectivity index (χ3v) is 3.81. The van der Waals surface area contributed by atoms with Crippen molar-refractivity contribution in [2.45, 2.75) is 51.5 Å². The van der Waals surface area contributed by atoms with Crippen LogP contribution in [-0.2, 0) is 0 Å². The molecular formula is C16H23NO. The summed E-state index contributed by atoms with van der Waals surface area (Å²) in [7, 11) is 0. The van der Waals surface area contributed by atoms with Gasteiger partial charge in [0.15, 0.2) is 5.78 Å². The number of rotatable bonds is 5. The van der Waals surface area contributed by atoms with Crippen LogP contribution in [0.5, 0.6) is 0 Å². The van der Waals surface area contributed by atoms with E-state index in [0.29, 0.717) is 11.8 Å². The molecule has 0 heterocycles. The Bertz CT molecular complexity index is 421. The second-order valence-corrected chi connectivity index (χ2v) is 5.85. The van der Waals surface area contributed by atoms with Crippen molar-refractivity contribution >= 4 is 5.78 Å². The lowest BCUT2D eigenvalue weighted by molar-refractivity contribution is 0.0951. The first-order valence-corrected chi connectivity index (χ1v) is 6.97. The predicted molar refractivity (Wildman–Crippen MR) is 74.8 cm³/mol. The first-order valence-electron chi connectivity index (χ1n) is 6.97. The van der Waals surface area contributed by atoms with E-state index in [9.17, 15) is 4.79 Å². The summed E-state index contributed by atoms with van der Waals surface area (Å²) < 4.78 is 0. The van der Waals surface area contributed by atoms with E-state index in [2.05, 4.69) is 19.9 Å². The number of carbonyl (C=O) groups is 1. The zero-order valence-electron chi connectivity index (χ0n) is 11.4. The van der Waals surface area contributed by atoms with Gasteiger partial charge in [-0.3, -0.25) is 4.79 Å². The predicted octanol–water partition coefficient (Wildman–Crippen LogP) is 3.51. The zero-order valence-corrected chi connectivity index (χ0v) is 11.4. The van der Waals surface area contributed by atoms with E-state index in [-0.39, 0.29) is 11.8 Å². The molecule has 0 aromatic heterocycles. The maximum Gasteiger partial charge on any atom is 0.179 e. The van der Waals surface area contributed by atoms with Crippen LogP contribution in [0.25, 0.3) is 0 Å². The molecule has 1 saturated carbocycles. The number of hydrogen-bond acceptors (Lipinski definition) is 2. The van der Waals surface area contributed by atoms with Gasteiger partial charge in [-0.25, -0.2) is 0 Å². The van der Waals surface area contributed by atoms with E-state index >= 15 is 0 Å². The number of carbonyl (C=O) groups excluding carboxylic acids is 1. The van der Waals surface area contributed by atoms with Gasteiger partial charge in [0.05, 0.1) is 6.04 Å². The van der Waals surface area contributed by atoms with Gasteiger partial charge in [0.25, 0.3) is 0 Å². The lowest BCUT2D eigenvalue weighted by Crippen LogP contribution is -2.32. The molecule has 98 valence electrons. The molecule has 2 heteroatoms. The summed E-state index contributed by atoms with van der Waals surface area (Å²) >= 11 is 0. The average Bonchev–Trinajstić information content (AvgIpc) is 2.25. The minimum Gasteiger partial charge on any atom is -0.321 e. The minimum atomic E-state index is -0.360. The quantitative estimate of drug-likeness (QED) is 0.807. The van der Waals surface area contributed by atoms with Crippen LogP contribution in [0.2, 0.25) is 0 Å². The van der Waals surface area contributed by atoms with Crippen molar-refractivity contribution in [3.63, 3.8) is 0 Å². The summed E-state index contributed by atoms with van der Waals surface area (Å²) in [6.07, 6.45) is 4.59. The first kappa shape index (κ1) is 13.3. The molecule has 1 unspecified atom stereocenters. The summed E-state index contributed by atoms with van der Waals surface area (Å²) in [5.41, 5.74) is 8.07. The van der Waals surface area contributed by atoms with Crippen molar-refractivity contribution in [3.05, 3.63) is 35.4 Å². The highest BCUT2D eigenvalue weighted by Crippen LogP contribution is 2.36. The fourth-order valence-electron chi connectivity index (χ4n) is 2.52. The molecule has 0 bridgehead atoms.